The van der Waals surface area contributed by atoms with Gasteiger partial charge in [-0.3, -0.25) is 9.78 Å². The van der Waals surface area contributed by atoms with E-state index in [0.29, 0.717) is 5.69 Å². The number of hydrogen-bond donors (Lipinski definition) is 2. The zero-order valence-corrected chi connectivity index (χ0v) is 10.6. The van der Waals surface area contributed by atoms with Gasteiger partial charge in [0.2, 0.25) is 0 Å². The maximum Gasteiger partial charge on any atom is 0.269 e. The highest BCUT2D eigenvalue weighted by atomic mass is 16.1. The van der Waals surface area contributed by atoms with Crippen molar-refractivity contribution in [2.75, 3.05) is 25.5 Å². The predicted octanol–water partition coefficient (Wildman–Crippen LogP) is 0.615. The summed E-state index contributed by atoms with van der Waals surface area (Å²) in [6, 6.07) is 3.84. The third-order valence-corrected chi connectivity index (χ3v) is 2.56. The number of rotatable bonds is 5. The van der Waals surface area contributed by atoms with Gasteiger partial charge >= 0.3 is 0 Å². The maximum absolute atomic E-state index is 11.4. The first-order valence-corrected chi connectivity index (χ1v) is 5.69. The highest BCUT2D eigenvalue weighted by molar-refractivity contribution is 5.92. The van der Waals surface area contributed by atoms with Crippen molar-refractivity contribution in [3.63, 3.8) is 0 Å². The Morgan fingerprint density at radius 2 is 2.35 bits per heavy atom. The van der Waals surface area contributed by atoms with E-state index in [0.717, 1.165) is 18.7 Å². The molecule has 0 aromatic carbocycles. The average molecular weight is 236 g/mol. The Hall–Kier alpha value is -1.62. The second-order valence-corrected chi connectivity index (χ2v) is 4.17. The fraction of sp³-hybridized carbons (Fsp3) is 0.500. The lowest BCUT2D eigenvalue weighted by molar-refractivity contribution is 0.0958. The lowest BCUT2D eigenvalue weighted by atomic mass is 10.2. The lowest BCUT2D eigenvalue weighted by Crippen LogP contribution is -2.26. The van der Waals surface area contributed by atoms with Crippen molar-refractivity contribution >= 4 is 11.6 Å². The van der Waals surface area contributed by atoms with E-state index in [1.165, 1.54) is 0 Å². The number of carbonyl (C=O) groups excluding carboxylic acids is 1. The summed E-state index contributed by atoms with van der Waals surface area (Å²) in [5.74, 6) is -0.174. The molecule has 1 aromatic rings. The van der Waals surface area contributed by atoms with E-state index in [2.05, 4.69) is 15.2 Å². The molecule has 94 valence electrons. The van der Waals surface area contributed by atoms with Crippen molar-refractivity contribution in [2.45, 2.75) is 19.4 Å². The average Bonchev–Trinajstić information content (AvgIpc) is 2.35. The van der Waals surface area contributed by atoms with Gasteiger partial charge < -0.3 is 16.0 Å². The Balaban J connectivity index is 2.73. The molecule has 5 heteroatoms. The minimum absolute atomic E-state index is 0.174. The highest BCUT2D eigenvalue weighted by Gasteiger charge is 2.08. The molecule has 1 atom stereocenters. The van der Waals surface area contributed by atoms with Crippen LogP contribution in [0.3, 0.4) is 0 Å². The van der Waals surface area contributed by atoms with Crippen molar-refractivity contribution < 1.29 is 4.79 Å². The van der Waals surface area contributed by atoms with Crippen LogP contribution >= 0.6 is 0 Å². The summed E-state index contributed by atoms with van der Waals surface area (Å²) in [5, 5.41) is 2.56. The molecule has 1 unspecified atom stereocenters. The molecule has 0 aliphatic carbocycles. The molecular weight excluding hydrogens is 216 g/mol. The van der Waals surface area contributed by atoms with Crippen LogP contribution in [0.25, 0.3) is 0 Å². The van der Waals surface area contributed by atoms with E-state index in [1.54, 1.807) is 19.3 Å². The minimum atomic E-state index is -0.174. The van der Waals surface area contributed by atoms with Crippen LogP contribution in [0.2, 0.25) is 0 Å². The molecule has 0 saturated heterocycles. The Morgan fingerprint density at radius 3 is 2.94 bits per heavy atom. The molecule has 0 bridgehead atoms. The minimum Gasteiger partial charge on any atom is -0.374 e. The van der Waals surface area contributed by atoms with Crippen LogP contribution in [0.4, 0.5) is 5.69 Å². The van der Waals surface area contributed by atoms with Gasteiger partial charge in [0, 0.05) is 38.6 Å². The molecule has 1 amide bonds. The normalized spacial score (nSPS) is 12.0. The van der Waals surface area contributed by atoms with Gasteiger partial charge in [-0.15, -0.1) is 0 Å². The number of pyridine rings is 1. The number of carbonyl (C=O) groups is 1. The molecule has 1 aromatic heterocycles. The first-order chi connectivity index (χ1) is 8.04. The lowest BCUT2D eigenvalue weighted by Gasteiger charge is -2.20. The zero-order chi connectivity index (χ0) is 12.8. The van der Waals surface area contributed by atoms with Gasteiger partial charge in [-0.05, 0) is 25.5 Å². The number of amides is 1. The Kier molecular flexibility index (Phi) is 4.90. The topological polar surface area (TPSA) is 71.2 Å². The summed E-state index contributed by atoms with van der Waals surface area (Å²) in [6.45, 7) is 2.84. The molecule has 5 nitrogen and oxygen atoms in total. The summed E-state index contributed by atoms with van der Waals surface area (Å²) in [6.07, 6.45) is 2.55. The molecule has 17 heavy (non-hydrogen) atoms. The number of hydrogen-bond acceptors (Lipinski definition) is 4. The first-order valence-electron chi connectivity index (χ1n) is 5.69. The number of aromatic nitrogens is 1. The van der Waals surface area contributed by atoms with Gasteiger partial charge in [0.1, 0.15) is 5.69 Å². The quantitative estimate of drug-likeness (QED) is 0.786. The van der Waals surface area contributed by atoms with Gasteiger partial charge in [0.25, 0.3) is 5.91 Å². The van der Waals surface area contributed by atoms with Crippen molar-refractivity contribution in [2.24, 2.45) is 5.73 Å². The van der Waals surface area contributed by atoms with Crippen LogP contribution in [0, 0.1) is 0 Å². The molecule has 1 rings (SSSR count). The van der Waals surface area contributed by atoms with E-state index >= 15 is 0 Å². The number of nitrogens with zero attached hydrogens (tertiary/aromatic N) is 2. The second kappa shape index (κ2) is 6.20. The molecule has 0 radical (unpaired) electrons. The molecule has 0 spiro atoms. The summed E-state index contributed by atoms with van der Waals surface area (Å²) < 4.78 is 0. The Bertz CT molecular complexity index is 379. The molecule has 1 heterocycles. The van der Waals surface area contributed by atoms with Crippen LogP contribution < -0.4 is 16.0 Å². The van der Waals surface area contributed by atoms with Crippen LogP contribution in [0.15, 0.2) is 18.3 Å². The van der Waals surface area contributed by atoms with Gasteiger partial charge in [0.15, 0.2) is 0 Å². The van der Waals surface area contributed by atoms with E-state index in [9.17, 15) is 4.79 Å². The molecule has 0 fully saturated rings. The Morgan fingerprint density at radius 1 is 1.65 bits per heavy atom. The SMILES string of the molecule is CNC(=O)c1cc(N(C)CCC(C)N)ccn1. The monoisotopic (exact) mass is 236 g/mol. The van der Waals surface area contributed by atoms with E-state index in [-0.39, 0.29) is 11.9 Å². The Labute approximate surface area is 102 Å². The molecular formula is C12H20N4O. The second-order valence-electron chi connectivity index (χ2n) is 4.17. The van der Waals surface area contributed by atoms with Crippen molar-refractivity contribution in [3.05, 3.63) is 24.0 Å². The number of nitrogens with one attached hydrogen (secondary N) is 1. The highest BCUT2D eigenvalue weighted by Crippen LogP contribution is 2.13. The van der Waals surface area contributed by atoms with E-state index < -0.39 is 0 Å². The van der Waals surface area contributed by atoms with E-state index in [1.807, 2.05) is 20.0 Å². The van der Waals surface area contributed by atoms with Crippen molar-refractivity contribution in [1.82, 2.24) is 10.3 Å². The number of anilines is 1. The summed E-state index contributed by atoms with van der Waals surface area (Å²) in [5.41, 5.74) is 7.12. The van der Waals surface area contributed by atoms with Crippen molar-refractivity contribution in [3.8, 4) is 0 Å². The van der Waals surface area contributed by atoms with Gasteiger partial charge in [-0.1, -0.05) is 0 Å². The van der Waals surface area contributed by atoms with Crippen LogP contribution in [0.1, 0.15) is 23.8 Å². The molecule has 0 saturated carbocycles. The third-order valence-electron chi connectivity index (χ3n) is 2.56. The van der Waals surface area contributed by atoms with E-state index in [4.69, 9.17) is 5.73 Å². The summed E-state index contributed by atoms with van der Waals surface area (Å²) in [7, 11) is 3.57. The largest absolute Gasteiger partial charge is 0.374 e. The first kappa shape index (κ1) is 13.4. The smallest absolute Gasteiger partial charge is 0.269 e. The zero-order valence-electron chi connectivity index (χ0n) is 10.6. The van der Waals surface area contributed by atoms with Gasteiger partial charge in [-0.2, -0.15) is 0 Å². The van der Waals surface area contributed by atoms with Gasteiger partial charge in [0.05, 0.1) is 0 Å². The maximum atomic E-state index is 11.4. The van der Waals surface area contributed by atoms with Crippen LogP contribution in [-0.2, 0) is 0 Å². The number of nitrogens with two attached hydrogens (primary N) is 1. The van der Waals surface area contributed by atoms with Crippen molar-refractivity contribution in [1.29, 1.82) is 0 Å². The van der Waals surface area contributed by atoms with Crippen LogP contribution in [0.5, 0.6) is 0 Å². The molecule has 0 aliphatic rings. The fourth-order valence-electron chi connectivity index (χ4n) is 1.44. The van der Waals surface area contributed by atoms with Gasteiger partial charge in [-0.25, -0.2) is 0 Å². The summed E-state index contributed by atoms with van der Waals surface area (Å²) >= 11 is 0. The summed E-state index contributed by atoms with van der Waals surface area (Å²) in [4.78, 5) is 17.5. The molecule has 3 N–H and O–H groups in total. The third kappa shape index (κ3) is 4.03. The fourth-order valence-corrected chi connectivity index (χ4v) is 1.44. The molecule has 0 aliphatic heterocycles. The standard InChI is InChI=1S/C12H20N4O/c1-9(13)5-7-16(3)10-4-6-15-11(8-10)12(17)14-2/h4,6,8-9H,5,7,13H2,1-3H3,(H,14,17). The predicted molar refractivity (Wildman–Crippen MR) is 69.2 cm³/mol. The van der Waals surface area contributed by atoms with Crippen LogP contribution in [-0.4, -0.2) is 37.6 Å².